The summed E-state index contributed by atoms with van der Waals surface area (Å²) in [5, 5.41) is 16.3. The van der Waals surface area contributed by atoms with Crippen molar-refractivity contribution >= 4 is 40.2 Å². The van der Waals surface area contributed by atoms with Crippen LogP contribution in [-0.2, 0) is 18.4 Å². The van der Waals surface area contributed by atoms with Crippen molar-refractivity contribution in [1.82, 2.24) is 28.9 Å². The molecular formula is C18H17N7O2S. The zero-order valence-electron chi connectivity index (χ0n) is 15.1. The highest BCUT2D eigenvalue weighted by atomic mass is 32.2. The van der Waals surface area contributed by atoms with Crippen LogP contribution in [0.4, 0.5) is 5.82 Å². The van der Waals surface area contributed by atoms with Gasteiger partial charge in [0.1, 0.15) is 0 Å². The van der Waals surface area contributed by atoms with Crippen molar-refractivity contribution in [1.29, 1.82) is 0 Å². The molecule has 10 heteroatoms. The van der Waals surface area contributed by atoms with Crippen LogP contribution in [0, 0.1) is 0 Å². The summed E-state index contributed by atoms with van der Waals surface area (Å²) in [6.07, 6.45) is 3.39. The number of amides is 1. The maximum atomic E-state index is 12.8. The molecule has 142 valence electrons. The molecule has 4 rings (SSSR count). The number of benzene rings is 1. The van der Waals surface area contributed by atoms with Crippen molar-refractivity contribution in [2.75, 3.05) is 11.1 Å². The molecule has 0 aliphatic heterocycles. The largest absolute Gasteiger partial charge is 0.308 e. The number of hydrogen-bond acceptors (Lipinski definition) is 6. The monoisotopic (exact) mass is 395 g/mol. The number of para-hydroxylation sites is 1. The van der Waals surface area contributed by atoms with E-state index in [-0.39, 0.29) is 17.2 Å². The van der Waals surface area contributed by atoms with Gasteiger partial charge in [0.05, 0.1) is 16.7 Å². The highest BCUT2D eigenvalue weighted by molar-refractivity contribution is 7.99. The van der Waals surface area contributed by atoms with Crippen LogP contribution in [-0.4, -0.2) is 40.6 Å². The molecule has 0 atom stereocenters. The van der Waals surface area contributed by atoms with Gasteiger partial charge in [0.15, 0.2) is 11.0 Å². The highest BCUT2D eigenvalue weighted by Gasteiger charge is 2.17. The van der Waals surface area contributed by atoms with E-state index in [0.29, 0.717) is 34.2 Å². The molecule has 0 aliphatic carbocycles. The minimum atomic E-state index is -0.204. The molecule has 1 N–H and O–H groups in total. The van der Waals surface area contributed by atoms with Crippen LogP contribution in [0.5, 0.6) is 0 Å². The molecule has 1 amide bonds. The van der Waals surface area contributed by atoms with Crippen molar-refractivity contribution in [3.8, 4) is 0 Å². The van der Waals surface area contributed by atoms with Crippen LogP contribution in [0.25, 0.3) is 16.7 Å². The van der Waals surface area contributed by atoms with Gasteiger partial charge < -0.3 is 5.32 Å². The number of carbonyl (C=O) groups excluding carboxylic acids is 1. The van der Waals surface area contributed by atoms with Crippen LogP contribution < -0.4 is 10.9 Å². The second-order valence-electron chi connectivity index (χ2n) is 6.05. The van der Waals surface area contributed by atoms with Crippen LogP contribution >= 0.6 is 11.8 Å². The first-order chi connectivity index (χ1) is 13.6. The molecule has 0 spiro atoms. The first-order valence-corrected chi connectivity index (χ1v) is 9.47. The predicted octanol–water partition coefficient (Wildman–Crippen LogP) is 1.69. The molecule has 0 saturated carbocycles. The Bertz CT molecular complexity index is 1250. The normalized spacial score (nSPS) is 11.2. The Morgan fingerprint density at radius 2 is 2.11 bits per heavy atom. The summed E-state index contributed by atoms with van der Waals surface area (Å²) in [7, 11) is 1.78. The Kier molecular flexibility index (Phi) is 4.70. The van der Waals surface area contributed by atoms with Gasteiger partial charge in [-0.25, -0.2) is 0 Å². The smallest absolute Gasteiger partial charge is 0.263 e. The molecule has 3 heterocycles. The molecule has 9 nitrogen and oxygen atoms in total. The number of anilines is 1. The molecule has 0 aliphatic rings. The van der Waals surface area contributed by atoms with E-state index < -0.39 is 0 Å². The summed E-state index contributed by atoms with van der Waals surface area (Å²) in [6.45, 7) is 4.02. The van der Waals surface area contributed by atoms with Crippen molar-refractivity contribution in [3.63, 3.8) is 0 Å². The van der Waals surface area contributed by atoms with E-state index >= 15 is 0 Å². The topological polar surface area (TPSA) is 99.1 Å². The molecule has 4 aromatic rings. The minimum absolute atomic E-state index is 0.131. The lowest BCUT2D eigenvalue weighted by Gasteiger charge is -2.09. The summed E-state index contributed by atoms with van der Waals surface area (Å²) >= 11 is 1.24. The van der Waals surface area contributed by atoms with E-state index in [0.717, 1.165) is 0 Å². The number of nitrogens with one attached hydrogen (secondary N) is 1. The lowest BCUT2D eigenvalue weighted by atomic mass is 10.2. The van der Waals surface area contributed by atoms with Gasteiger partial charge in [0.25, 0.3) is 5.56 Å². The molecular weight excluding hydrogens is 378 g/mol. The van der Waals surface area contributed by atoms with Gasteiger partial charge in [-0.05, 0) is 12.1 Å². The van der Waals surface area contributed by atoms with Gasteiger partial charge in [-0.2, -0.15) is 5.10 Å². The van der Waals surface area contributed by atoms with Gasteiger partial charge in [0, 0.05) is 25.9 Å². The summed E-state index contributed by atoms with van der Waals surface area (Å²) < 4.78 is 4.92. The number of carbonyl (C=O) groups is 1. The van der Waals surface area contributed by atoms with E-state index in [4.69, 9.17) is 0 Å². The molecule has 0 fully saturated rings. The van der Waals surface area contributed by atoms with E-state index in [1.807, 2.05) is 18.2 Å². The lowest BCUT2D eigenvalue weighted by molar-refractivity contribution is -0.113. The zero-order valence-corrected chi connectivity index (χ0v) is 15.9. The van der Waals surface area contributed by atoms with Crippen molar-refractivity contribution in [2.45, 2.75) is 11.7 Å². The first kappa shape index (κ1) is 18.0. The average Bonchev–Trinajstić information content (AvgIpc) is 3.29. The van der Waals surface area contributed by atoms with Crippen molar-refractivity contribution in [2.24, 2.45) is 7.05 Å². The summed E-state index contributed by atoms with van der Waals surface area (Å²) in [5.74, 6) is 0.830. The molecule has 3 aromatic heterocycles. The summed E-state index contributed by atoms with van der Waals surface area (Å²) in [4.78, 5) is 25.0. The molecule has 0 saturated heterocycles. The third kappa shape index (κ3) is 3.18. The molecule has 0 unspecified atom stereocenters. The van der Waals surface area contributed by atoms with Gasteiger partial charge in [-0.1, -0.05) is 30.0 Å². The second kappa shape index (κ2) is 7.31. The lowest BCUT2D eigenvalue weighted by Crippen LogP contribution is -2.22. The van der Waals surface area contributed by atoms with Gasteiger partial charge in [0.2, 0.25) is 11.7 Å². The second-order valence-corrected chi connectivity index (χ2v) is 6.99. The fourth-order valence-electron chi connectivity index (χ4n) is 2.91. The van der Waals surface area contributed by atoms with Crippen LogP contribution in [0.3, 0.4) is 0 Å². The van der Waals surface area contributed by atoms with Crippen LogP contribution in [0.2, 0.25) is 0 Å². The zero-order chi connectivity index (χ0) is 19.7. The van der Waals surface area contributed by atoms with E-state index in [1.54, 1.807) is 40.5 Å². The minimum Gasteiger partial charge on any atom is -0.308 e. The number of fused-ring (bicyclic) bond motifs is 3. The van der Waals surface area contributed by atoms with Crippen molar-refractivity contribution in [3.05, 3.63) is 59.5 Å². The fraction of sp³-hybridized carbons (Fsp3) is 0.167. The maximum absolute atomic E-state index is 12.8. The predicted molar refractivity (Wildman–Crippen MR) is 108 cm³/mol. The quantitative estimate of drug-likeness (QED) is 0.394. The van der Waals surface area contributed by atoms with E-state index in [2.05, 4.69) is 27.2 Å². The third-order valence-corrected chi connectivity index (χ3v) is 5.03. The maximum Gasteiger partial charge on any atom is 0.263 e. The standard InChI is InChI=1S/C18H17N7O2S/c1-3-9-24-16(27)12-6-4-5-7-13(12)25-17(24)20-21-18(25)28-11-15(26)19-14-8-10-23(2)22-14/h3-8,10H,1,9,11H2,2H3,(H,19,22,26). The molecule has 0 radical (unpaired) electrons. The van der Waals surface area contributed by atoms with Crippen molar-refractivity contribution < 1.29 is 4.79 Å². The van der Waals surface area contributed by atoms with Gasteiger partial charge >= 0.3 is 0 Å². The van der Waals surface area contributed by atoms with Crippen LogP contribution in [0.15, 0.2) is 59.1 Å². The summed E-state index contributed by atoms with van der Waals surface area (Å²) in [5.41, 5.74) is 0.542. The Labute approximate surface area is 163 Å². The number of allylic oxidation sites excluding steroid dienone is 1. The number of hydrogen-bond donors (Lipinski definition) is 1. The Morgan fingerprint density at radius 3 is 2.86 bits per heavy atom. The Hall–Kier alpha value is -3.40. The number of aromatic nitrogens is 6. The number of thioether (sulfide) groups is 1. The number of nitrogens with zero attached hydrogens (tertiary/aromatic N) is 6. The third-order valence-electron chi connectivity index (χ3n) is 4.10. The average molecular weight is 395 g/mol. The molecule has 28 heavy (non-hydrogen) atoms. The van der Waals surface area contributed by atoms with Gasteiger partial charge in [-0.15, -0.1) is 16.8 Å². The molecule has 0 bridgehead atoms. The van der Waals surface area contributed by atoms with Gasteiger partial charge in [-0.3, -0.25) is 23.2 Å². The molecule has 1 aromatic carbocycles. The highest BCUT2D eigenvalue weighted by Crippen LogP contribution is 2.21. The Balaban J connectivity index is 1.69. The Morgan fingerprint density at radius 1 is 1.29 bits per heavy atom. The first-order valence-electron chi connectivity index (χ1n) is 8.48. The number of rotatable bonds is 6. The van der Waals surface area contributed by atoms with Crippen LogP contribution in [0.1, 0.15) is 0 Å². The SMILES string of the molecule is C=CCn1c(=O)c2ccccc2n2c(SCC(=O)Nc3ccn(C)n3)nnc12. The fourth-order valence-corrected chi connectivity index (χ4v) is 3.65. The summed E-state index contributed by atoms with van der Waals surface area (Å²) in [6, 6.07) is 8.98. The number of aryl methyl sites for hydroxylation is 1. The van der Waals surface area contributed by atoms with E-state index in [9.17, 15) is 9.59 Å². The van der Waals surface area contributed by atoms with E-state index in [1.165, 1.54) is 16.3 Å².